The number of aryl methyl sites for hydroxylation is 1. The quantitative estimate of drug-likeness (QED) is 0.619. The number of nitrogens with zero attached hydrogens (tertiary/aromatic N) is 6. The Bertz CT molecular complexity index is 1330. The van der Waals surface area contributed by atoms with Crippen LogP contribution >= 0.6 is 0 Å². The van der Waals surface area contributed by atoms with Crippen molar-refractivity contribution in [2.45, 2.75) is 33.4 Å². The number of halogens is 1. The maximum absolute atomic E-state index is 14.2. The van der Waals surface area contributed by atoms with Gasteiger partial charge in [0.15, 0.2) is 11.2 Å². The molecule has 8 nitrogen and oxygen atoms in total. The molecule has 0 amide bonds. The third-order valence-corrected chi connectivity index (χ3v) is 5.36. The number of aromatic nitrogens is 4. The third-order valence-electron chi connectivity index (χ3n) is 5.36. The van der Waals surface area contributed by atoms with Gasteiger partial charge < -0.3 is 0 Å². The molecule has 3 heterocycles. The summed E-state index contributed by atoms with van der Waals surface area (Å²) >= 11 is 0. The first-order valence-electron chi connectivity index (χ1n) is 9.63. The molecule has 0 saturated heterocycles. The Kier molecular flexibility index (Phi) is 4.68. The lowest BCUT2D eigenvalue weighted by Gasteiger charge is -2.29. The summed E-state index contributed by atoms with van der Waals surface area (Å²) in [5.41, 5.74) is 1.45. The second-order valence-corrected chi connectivity index (χ2v) is 7.71. The fourth-order valence-electron chi connectivity index (χ4n) is 3.68. The van der Waals surface area contributed by atoms with Crippen molar-refractivity contribution in [3.05, 3.63) is 68.6 Å². The van der Waals surface area contributed by atoms with Crippen molar-refractivity contribution in [1.29, 1.82) is 0 Å². The van der Waals surface area contributed by atoms with Crippen LogP contribution in [0, 0.1) is 5.82 Å². The largest absolute Gasteiger partial charge is 0.332 e. The third kappa shape index (κ3) is 2.97. The van der Waals surface area contributed by atoms with Crippen LogP contribution in [0.1, 0.15) is 32.4 Å². The predicted molar refractivity (Wildman–Crippen MR) is 115 cm³/mol. The topological polar surface area (TPSA) is 77.4 Å². The zero-order valence-corrected chi connectivity index (χ0v) is 17.4. The highest BCUT2D eigenvalue weighted by atomic mass is 19.1. The summed E-state index contributed by atoms with van der Waals surface area (Å²) < 4.78 is 18.3. The number of hydrogen-bond donors (Lipinski definition) is 0. The highest BCUT2D eigenvalue weighted by Gasteiger charge is 2.30. The van der Waals surface area contributed by atoms with E-state index in [-0.39, 0.29) is 29.3 Å². The van der Waals surface area contributed by atoms with E-state index in [9.17, 15) is 14.0 Å². The van der Waals surface area contributed by atoms with Crippen LogP contribution in [-0.2, 0) is 13.6 Å². The number of imidazole rings is 1. The molecular formula is C21H23FN6O2. The van der Waals surface area contributed by atoms with Gasteiger partial charge in [0.25, 0.3) is 5.56 Å². The van der Waals surface area contributed by atoms with E-state index in [4.69, 9.17) is 0 Å². The smallest absolute Gasteiger partial charge is 0.294 e. The van der Waals surface area contributed by atoms with Gasteiger partial charge in [-0.3, -0.25) is 18.5 Å². The number of benzene rings is 1. The summed E-state index contributed by atoms with van der Waals surface area (Å²) in [6.07, 6.45) is 0. The van der Waals surface area contributed by atoms with Gasteiger partial charge in [-0.2, -0.15) is 10.1 Å². The van der Waals surface area contributed by atoms with Crippen molar-refractivity contribution in [1.82, 2.24) is 18.7 Å². The SMILES string of the molecule is C=C(C)CN1N=C(C)C(C)n2c1nc1c2c(=O)n(Cc2ccccc2F)c(=O)n1C. The van der Waals surface area contributed by atoms with Crippen molar-refractivity contribution in [2.24, 2.45) is 12.1 Å². The second-order valence-electron chi connectivity index (χ2n) is 7.71. The van der Waals surface area contributed by atoms with Crippen LogP contribution in [0.4, 0.5) is 10.3 Å². The molecule has 0 aliphatic carbocycles. The van der Waals surface area contributed by atoms with Crippen molar-refractivity contribution >= 4 is 22.8 Å². The van der Waals surface area contributed by atoms with Gasteiger partial charge in [-0.15, -0.1) is 0 Å². The lowest BCUT2D eigenvalue weighted by Crippen LogP contribution is -2.40. The fraction of sp³-hybridized carbons (Fsp3) is 0.333. The molecule has 30 heavy (non-hydrogen) atoms. The molecule has 0 saturated carbocycles. The molecule has 1 aliphatic heterocycles. The van der Waals surface area contributed by atoms with E-state index < -0.39 is 17.1 Å². The van der Waals surface area contributed by atoms with Crippen LogP contribution in [0.15, 0.2) is 51.1 Å². The number of hydrazone groups is 1. The van der Waals surface area contributed by atoms with Crippen LogP contribution < -0.4 is 16.3 Å². The van der Waals surface area contributed by atoms with Crippen LogP contribution in [0.2, 0.25) is 0 Å². The van der Waals surface area contributed by atoms with Gasteiger partial charge in [-0.05, 0) is 26.8 Å². The summed E-state index contributed by atoms with van der Waals surface area (Å²) in [5.74, 6) is 0.00711. The van der Waals surface area contributed by atoms with E-state index >= 15 is 0 Å². The van der Waals surface area contributed by atoms with E-state index in [1.165, 1.54) is 10.6 Å². The van der Waals surface area contributed by atoms with Crippen molar-refractivity contribution in [3.8, 4) is 0 Å². The molecule has 1 aliphatic rings. The molecule has 3 aromatic rings. The van der Waals surface area contributed by atoms with Crippen LogP contribution in [-0.4, -0.2) is 30.9 Å². The number of hydrogen-bond acceptors (Lipinski definition) is 5. The van der Waals surface area contributed by atoms with E-state index in [0.29, 0.717) is 12.5 Å². The predicted octanol–water partition coefficient (Wildman–Crippen LogP) is 2.42. The van der Waals surface area contributed by atoms with Gasteiger partial charge >= 0.3 is 5.69 Å². The molecule has 9 heteroatoms. The number of anilines is 1. The first-order valence-corrected chi connectivity index (χ1v) is 9.63. The lowest BCUT2D eigenvalue weighted by atomic mass is 10.2. The maximum Gasteiger partial charge on any atom is 0.332 e. The molecule has 4 rings (SSSR count). The molecule has 0 bridgehead atoms. The minimum atomic E-state index is -0.553. The first kappa shape index (κ1) is 19.8. The highest BCUT2D eigenvalue weighted by Crippen LogP contribution is 2.30. The number of rotatable bonds is 4. The molecule has 0 radical (unpaired) electrons. The first-order chi connectivity index (χ1) is 14.2. The molecule has 0 fully saturated rings. The zero-order valence-electron chi connectivity index (χ0n) is 17.4. The standard InChI is InChI=1S/C21H23FN6O2/c1-12(2)10-27-20-23-18-17(28(20)14(4)13(3)24-27)19(29)26(21(30)25(18)5)11-15-8-6-7-9-16(15)22/h6-9,14H,1,10-11H2,2-5H3. The molecule has 0 spiro atoms. The monoisotopic (exact) mass is 410 g/mol. The fourth-order valence-corrected chi connectivity index (χ4v) is 3.68. The molecule has 2 aromatic heterocycles. The Morgan fingerprint density at radius 2 is 1.97 bits per heavy atom. The van der Waals surface area contributed by atoms with Crippen LogP contribution in [0.3, 0.4) is 0 Å². The van der Waals surface area contributed by atoms with Crippen molar-refractivity contribution in [2.75, 3.05) is 11.6 Å². The minimum absolute atomic E-state index is 0.161. The van der Waals surface area contributed by atoms with Gasteiger partial charge in [0.05, 0.1) is 24.8 Å². The molecule has 0 N–H and O–H groups in total. The molecule has 1 aromatic carbocycles. The zero-order chi connectivity index (χ0) is 21.7. The average molecular weight is 410 g/mol. The van der Waals surface area contributed by atoms with Gasteiger partial charge in [0.1, 0.15) is 5.82 Å². The summed E-state index contributed by atoms with van der Waals surface area (Å²) in [4.78, 5) is 30.9. The molecular weight excluding hydrogens is 387 g/mol. The Morgan fingerprint density at radius 1 is 1.27 bits per heavy atom. The normalized spacial score (nSPS) is 16.0. The molecule has 156 valence electrons. The van der Waals surface area contributed by atoms with Gasteiger partial charge in [0.2, 0.25) is 5.95 Å². The Hall–Kier alpha value is -3.49. The minimum Gasteiger partial charge on any atom is -0.294 e. The number of fused-ring (bicyclic) bond motifs is 3. The summed E-state index contributed by atoms with van der Waals surface area (Å²) in [5, 5.41) is 6.27. The Labute approximate surface area is 172 Å². The van der Waals surface area contributed by atoms with Crippen molar-refractivity contribution < 1.29 is 4.39 Å². The second kappa shape index (κ2) is 7.08. The van der Waals surface area contributed by atoms with Gasteiger partial charge in [-0.1, -0.05) is 30.4 Å². The Balaban J connectivity index is 2.00. The Morgan fingerprint density at radius 3 is 2.63 bits per heavy atom. The molecule has 1 unspecified atom stereocenters. The van der Waals surface area contributed by atoms with Crippen molar-refractivity contribution in [3.63, 3.8) is 0 Å². The summed E-state index contributed by atoms with van der Waals surface area (Å²) in [6.45, 7) is 9.89. The van der Waals surface area contributed by atoms with Crippen LogP contribution in [0.25, 0.3) is 11.2 Å². The summed E-state index contributed by atoms with van der Waals surface area (Å²) in [6, 6.07) is 5.88. The molecule has 1 atom stereocenters. The van der Waals surface area contributed by atoms with Crippen LogP contribution in [0.5, 0.6) is 0 Å². The van der Waals surface area contributed by atoms with E-state index in [1.807, 2.05) is 20.8 Å². The van der Waals surface area contributed by atoms with E-state index in [1.54, 1.807) is 34.8 Å². The van der Waals surface area contributed by atoms with E-state index in [2.05, 4.69) is 16.7 Å². The summed E-state index contributed by atoms with van der Waals surface area (Å²) in [7, 11) is 1.56. The maximum atomic E-state index is 14.2. The van der Waals surface area contributed by atoms with Gasteiger partial charge in [0, 0.05) is 12.6 Å². The van der Waals surface area contributed by atoms with Gasteiger partial charge in [-0.25, -0.2) is 14.2 Å². The average Bonchev–Trinajstić information content (AvgIpc) is 3.10. The highest BCUT2D eigenvalue weighted by molar-refractivity contribution is 5.91. The van der Waals surface area contributed by atoms with E-state index in [0.717, 1.165) is 15.9 Å². The lowest BCUT2D eigenvalue weighted by molar-refractivity contribution is 0.580.